The van der Waals surface area contributed by atoms with Crippen LogP contribution in [0, 0.1) is 5.82 Å². The number of guanidine groups is 1. The Labute approximate surface area is 151 Å². The van der Waals surface area contributed by atoms with Crippen molar-refractivity contribution in [1.82, 2.24) is 10.6 Å². The van der Waals surface area contributed by atoms with Gasteiger partial charge in [-0.25, -0.2) is 4.39 Å². The zero-order valence-corrected chi connectivity index (χ0v) is 15.5. The van der Waals surface area contributed by atoms with E-state index in [9.17, 15) is 17.6 Å². The van der Waals surface area contributed by atoms with E-state index in [1.807, 2.05) is 0 Å². The fourth-order valence-electron chi connectivity index (χ4n) is 1.55. The third-order valence-corrected chi connectivity index (χ3v) is 2.78. The number of benzene rings is 1. The van der Waals surface area contributed by atoms with Gasteiger partial charge in [0.15, 0.2) is 5.96 Å². The second-order valence-electron chi connectivity index (χ2n) is 4.10. The highest BCUT2D eigenvalue weighted by atomic mass is 127. The van der Waals surface area contributed by atoms with Crippen molar-refractivity contribution in [2.24, 2.45) is 4.99 Å². The van der Waals surface area contributed by atoms with Gasteiger partial charge in [0.2, 0.25) is 0 Å². The summed E-state index contributed by atoms with van der Waals surface area (Å²) in [5, 5.41) is 5.57. The van der Waals surface area contributed by atoms with Crippen LogP contribution in [0.25, 0.3) is 0 Å². The minimum absolute atomic E-state index is 0. The van der Waals surface area contributed by atoms with Crippen LogP contribution in [0.5, 0.6) is 0 Å². The molecule has 9 heteroatoms. The molecule has 1 aromatic rings. The summed E-state index contributed by atoms with van der Waals surface area (Å²) < 4.78 is 52.1. The maximum absolute atomic E-state index is 13.0. The van der Waals surface area contributed by atoms with E-state index in [2.05, 4.69) is 38.1 Å². The first-order valence-electron chi connectivity index (χ1n) is 5.87. The predicted octanol–water partition coefficient (Wildman–Crippen LogP) is 4.04. The van der Waals surface area contributed by atoms with Gasteiger partial charge in [0, 0.05) is 24.6 Å². The molecule has 2 N–H and O–H groups in total. The van der Waals surface area contributed by atoms with Gasteiger partial charge in [0.25, 0.3) is 0 Å². The molecule has 0 aliphatic carbocycles. The van der Waals surface area contributed by atoms with Crippen LogP contribution in [-0.4, -0.2) is 19.6 Å². The third kappa shape index (κ3) is 6.95. The van der Waals surface area contributed by atoms with Crippen LogP contribution in [0.1, 0.15) is 11.1 Å². The van der Waals surface area contributed by atoms with Crippen molar-refractivity contribution in [3.63, 3.8) is 0 Å². The first-order valence-corrected chi connectivity index (χ1v) is 6.66. The fourth-order valence-corrected chi connectivity index (χ4v) is 1.69. The number of nitrogens with zero attached hydrogens (tertiary/aromatic N) is 1. The number of hydrogen-bond donors (Lipinski definition) is 2. The highest BCUT2D eigenvalue weighted by Gasteiger charge is 2.33. The van der Waals surface area contributed by atoms with Crippen LogP contribution in [0.4, 0.5) is 17.6 Å². The van der Waals surface area contributed by atoms with Crippen LogP contribution in [0.3, 0.4) is 0 Å². The van der Waals surface area contributed by atoms with E-state index in [0.29, 0.717) is 23.1 Å². The summed E-state index contributed by atoms with van der Waals surface area (Å²) in [6, 6.07) is 2.57. The Morgan fingerprint density at radius 2 is 1.95 bits per heavy atom. The van der Waals surface area contributed by atoms with Gasteiger partial charge in [-0.2, -0.15) is 13.2 Å². The molecule has 0 atom stereocenters. The van der Waals surface area contributed by atoms with Crippen LogP contribution < -0.4 is 10.6 Å². The smallest absolute Gasteiger partial charge is 0.352 e. The van der Waals surface area contributed by atoms with Crippen molar-refractivity contribution >= 4 is 45.9 Å². The predicted molar refractivity (Wildman–Crippen MR) is 93.1 cm³/mol. The van der Waals surface area contributed by atoms with E-state index in [1.165, 1.54) is 7.05 Å². The van der Waals surface area contributed by atoms with E-state index >= 15 is 0 Å². The third-order valence-electron chi connectivity index (χ3n) is 2.49. The van der Waals surface area contributed by atoms with E-state index in [-0.39, 0.29) is 36.1 Å². The van der Waals surface area contributed by atoms with Crippen molar-refractivity contribution in [3.8, 4) is 0 Å². The maximum atomic E-state index is 13.0. The van der Waals surface area contributed by atoms with Gasteiger partial charge in [-0.15, -0.1) is 24.0 Å². The standard InChI is InChI=1S/C13H14BrF4N3.HI/c1-8(14)6-20-12(19-2)21-7-9-3-4-10(15)5-11(9)13(16,17)18;/h3-5H,1,6-7H2,2H3,(H2,19,20,21);1H. The normalized spacial score (nSPS) is 11.6. The highest BCUT2D eigenvalue weighted by Crippen LogP contribution is 2.32. The zero-order chi connectivity index (χ0) is 16.0. The van der Waals surface area contributed by atoms with E-state index in [4.69, 9.17) is 0 Å². The molecule has 3 nitrogen and oxygen atoms in total. The summed E-state index contributed by atoms with van der Waals surface area (Å²) in [6.45, 7) is 3.85. The highest BCUT2D eigenvalue weighted by molar-refractivity contribution is 14.0. The summed E-state index contributed by atoms with van der Waals surface area (Å²) in [6.07, 6.45) is -4.61. The van der Waals surface area contributed by atoms with Gasteiger partial charge < -0.3 is 10.6 Å². The second-order valence-corrected chi connectivity index (χ2v) is 5.22. The molecule has 22 heavy (non-hydrogen) atoms. The molecule has 0 spiro atoms. The fraction of sp³-hybridized carbons (Fsp3) is 0.308. The second kappa shape index (κ2) is 9.33. The lowest BCUT2D eigenvalue weighted by atomic mass is 10.1. The minimum Gasteiger partial charge on any atom is -0.352 e. The van der Waals surface area contributed by atoms with E-state index < -0.39 is 17.6 Å². The van der Waals surface area contributed by atoms with Crippen molar-refractivity contribution < 1.29 is 17.6 Å². The Hall–Kier alpha value is -0.840. The molecule has 0 amide bonds. The molecular formula is C13H15BrF4IN3. The Balaban J connectivity index is 0.00000441. The molecule has 0 aromatic heterocycles. The van der Waals surface area contributed by atoms with Crippen LogP contribution in [-0.2, 0) is 12.7 Å². The monoisotopic (exact) mass is 495 g/mol. The molecule has 0 bridgehead atoms. The molecule has 124 valence electrons. The molecule has 0 aliphatic heterocycles. The number of alkyl halides is 3. The largest absolute Gasteiger partial charge is 0.416 e. The van der Waals surface area contributed by atoms with Crippen molar-refractivity contribution in [1.29, 1.82) is 0 Å². The lowest BCUT2D eigenvalue weighted by Crippen LogP contribution is -2.37. The number of aliphatic imine (C=N–C) groups is 1. The number of halogens is 6. The van der Waals surface area contributed by atoms with Gasteiger partial charge in [-0.1, -0.05) is 28.6 Å². The molecular weight excluding hydrogens is 481 g/mol. The molecule has 0 heterocycles. The Morgan fingerprint density at radius 1 is 1.32 bits per heavy atom. The maximum Gasteiger partial charge on any atom is 0.416 e. The molecule has 0 saturated carbocycles. The molecule has 0 aliphatic rings. The molecule has 0 unspecified atom stereocenters. The molecule has 0 fully saturated rings. The summed E-state index contributed by atoms with van der Waals surface area (Å²) in [5.41, 5.74) is -1.07. The van der Waals surface area contributed by atoms with Gasteiger partial charge >= 0.3 is 6.18 Å². The Morgan fingerprint density at radius 3 is 2.45 bits per heavy atom. The topological polar surface area (TPSA) is 36.4 Å². The quantitative estimate of drug-likeness (QED) is 0.286. The first-order chi connectivity index (χ1) is 9.74. The lowest BCUT2D eigenvalue weighted by Gasteiger charge is -2.15. The van der Waals surface area contributed by atoms with Gasteiger partial charge in [0.05, 0.1) is 5.56 Å². The Bertz CT molecular complexity index is 547. The van der Waals surface area contributed by atoms with Crippen LogP contribution >= 0.6 is 39.9 Å². The molecule has 1 rings (SSSR count). The number of hydrogen-bond acceptors (Lipinski definition) is 1. The average molecular weight is 496 g/mol. The van der Waals surface area contributed by atoms with Gasteiger partial charge in [-0.3, -0.25) is 4.99 Å². The van der Waals surface area contributed by atoms with Crippen molar-refractivity contribution in [2.75, 3.05) is 13.6 Å². The van der Waals surface area contributed by atoms with Crippen LogP contribution in [0.15, 0.2) is 34.3 Å². The van der Waals surface area contributed by atoms with Gasteiger partial charge in [-0.05, 0) is 17.7 Å². The lowest BCUT2D eigenvalue weighted by molar-refractivity contribution is -0.138. The minimum atomic E-state index is -4.61. The van der Waals surface area contributed by atoms with E-state index in [0.717, 1.165) is 12.1 Å². The summed E-state index contributed by atoms with van der Waals surface area (Å²) in [7, 11) is 1.49. The summed E-state index contributed by atoms with van der Waals surface area (Å²) in [5.74, 6) is -0.614. The molecule has 1 aromatic carbocycles. The summed E-state index contributed by atoms with van der Waals surface area (Å²) >= 11 is 3.14. The molecule has 0 saturated heterocycles. The van der Waals surface area contributed by atoms with Gasteiger partial charge in [0.1, 0.15) is 5.82 Å². The Kier molecular flexibility index (Phi) is 8.98. The number of nitrogens with one attached hydrogen (secondary N) is 2. The van der Waals surface area contributed by atoms with Crippen molar-refractivity contribution in [3.05, 3.63) is 46.2 Å². The average Bonchev–Trinajstić information content (AvgIpc) is 2.38. The van der Waals surface area contributed by atoms with E-state index in [1.54, 1.807) is 0 Å². The summed E-state index contributed by atoms with van der Waals surface area (Å²) in [4.78, 5) is 3.86. The molecule has 0 radical (unpaired) electrons. The SMILES string of the molecule is C=C(Br)CNC(=NC)NCc1ccc(F)cc1C(F)(F)F.I. The van der Waals surface area contributed by atoms with Crippen molar-refractivity contribution in [2.45, 2.75) is 12.7 Å². The van der Waals surface area contributed by atoms with Crippen LogP contribution in [0.2, 0.25) is 0 Å². The zero-order valence-electron chi connectivity index (χ0n) is 11.6. The first kappa shape index (κ1) is 21.2. The number of rotatable bonds is 4.